The van der Waals surface area contributed by atoms with Crippen LogP contribution in [0, 0.1) is 0 Å². The third-order valence-electron chi connectivity index (χ3n) is 2.97. The first-order valence-corrected chi connectivity index (χ1v) is 5.08. The van der Waals surface area contributed by atoms with Crippen molar-refractivity contribution in [3.63, 3.8) is 0 Å². The molecule has 1 aromatic heterocycles. The minimum atomic E-state index is -0.177. The van der Waals surface area contributed by atoms with Crippen molar-refractivity contribution in [3.05, 3.63) is 35.5 Å². The van der Waals surface area contributed by atoms with Gasteiger partial charge in [-0.3, -0.25) is 9.59 Å². The summed E-state index contributed by atoms with van der Waals surface area (Å²) in [5.41, 5.74) is 2.13. The monoisotopic (exact) mass is 214 g/mol. The SMILES string of the molecule is Cn1cc2c3c(cccc31)C(=O)NCC2=O. The van der Waals surface area contributed by atoms with E-state index in [9.17, 15) is 9.59 Å². The van der Waals surface area contributed by atoms with Gasteiger partial charge >= 0.3 is 0 Å². The molecule has 16 heavy (non-hydrogen) atoms. The second kappa shape index (κ2) is 2.95. The second-order valence-electron chi connectivity index (χ2n) is 3.96. The molecule has 3 rings (SSSR count). The summed E-state index contributed by atoms with van der Waals surface area (Å²) in [4.78, 5) is 23.6. The maximum atomic E-state index is 11.8. The number of rotatable bonds is 0. The van der Waals surface area contributed by atoms with Gasteiger partial charge in [-0.05, 0) is 12.1 Å². The van der Waals surface area contributed by atoms with Crippen molar-refractivity contribution in [2.45, 2.75) is 0 Å². The van der Waals surface area contributed by atoms with Crippen molar-refractivity contribution in [1.82, 2.24) is 9.88 Å². The molecule has 1 aromatic carbocycles. The smallest absolute Gasteiger partial charge is 0.252 e. The largest absolute Gasteiger partial charge is 0.350 e. The van der Waals surface area contributed by atoms with Gasteiger partial charge in [0.2, 0.25) is 0 Å². The minimum absolute atomic E-state index is 0.0381. The predicted octanol–water partition coefficient (Wildman–Crippen LogP) is 1.10. The number of carbonyl (C=O) groups is 2. The summed E-state index contributed by atoms with van der Waals surface area (Å²) < 4.78 is 1.88. The number of carbonyl (C=O) groups excluding carboxylic acids is 2. The van der Waals surface area contributed by atoms with E-state index in [-0.39, 0.29) is 18.2 Å². The number of hydrogen-bond acceptors (Lipinski definition) is 2. The topological polar surface area (TPSA) is 51.1 Å². The molecular formula is C12H10N2O2. The molecule has 0 bridgehead atoms. The van der Waals surface area contributed by atoms with E-state index in [1.165, 1.54) is 0 Å². The Balaban J connectivity index is 2.51. The zero-order valence-corrected chi connectivity index (χ0v) is 8.78. The quantitative estimate of drug-likeness (QED) is 0.714. The van der Waals surface area contributed by atoms with Crippen LogP contribution in [0.2, 0.25) is 0 Å². The summed E-state index contributed by atoms with van der Waals surface area (Å²) in [6.45, 7) is 0.0760. The van der Waals surface area contributed by atoms with Gasteiger partial charge in [0.15, 0.2) is 5.78 Å². The molecule has 0 aliphatic carbocycles. The van der Waals surface area contributed by atoms with Crippen molar-refractivity contribution >= 4 is 22.6 Å². The molecule has 0 saturated carbocycles. The van der Waals surface area contributed by atoms with Crippen molar-refractivity contribution < 1.29 is 9.59 Å². The molecule has 0 unspecified atom stereocenters. The lowest BCUT2D eigenvalue weighted by molar-refractivity contribution is 0.0911. The summed E-state index contributed by atoms with van der Waals surface area (Å²) in [7, 11) is 1.88. The van der Waals surface area contributed by atoms with Crippen molar-refractivity contribution in [2.75, 3.05) is 6.54 Å². The van der Waals surface area contributed by atoms with Gasteiger partial charge < -0.3 is 9.88 Å². The summed E-state index contributed by atoms with van der Waals surface area (Å²) in [5, 5.41) is 3.38. The molecule has 4 nitrogen and oxygen atoms in total. The fourth-order valence-electron chi connectivity index (χ4n) is 2.20. The first-order chi connectivity index (χ1) is 7.68. The molecule has 0 fully saturated rings. The number of hydrogen-bond donors (Lipinski definition) is 1. The van der Waals surface area contributed by atoms with Crippen molar-refractivity contribution in [1.29, 1.82) is 0 Å². The Morgan fingerprint density at radius 3 is 2.88 bits per heavy atom. The van der Waals surface area contributed by atoms with Crippen LogP contribution in [-0.4, -0.2) is 22.8 Å². The van der Waals surface area contributed by atoms with Crippen LogP contribution >= 0.6 is 0 Å². The van der Waals surface area contributed by atoms with E-state index in [0.717, 1.165) is 10.9 Å². The molecule has 80 valence electrons. The molecule has 4 heteroatoms. The maximum absolute atomic E-state index is 11.8. The maximum Gasteiger partial charge on any atom is 0.252 e. The van der Waals surface area contributed by atoms with E-state index in [1.54, 1.807) is 12.3 Å². The zero-order valence-electron chi connectivity index (χ0n) is 8.78. The van der Waals surface area contributed by atoms with Crippen molar-refractivity contribution in [3.8, 4) is 0 Å². The van der Waals surface area contributed by atoms with Crippen molar-refractivity contribution in [2.24, 2.45) is 7.05 Å². The predicted molar refractivity (Wildman–Crippen MR) is 59.6 cm³/mol. The van der Waals surface area contributed by atoms with E-state index in [1.807, 2.05) is 23.7 Å². The first-order valence-electron chi connectivity index (χ1n) is 5.08. The van der Waals surface area contributed by atoms with E-state index in [4.69, 9.17) is 0 Å². The lowest BCUT2D eigenvalue weighted by Crippen LogP contribution is -2.26. The number of Topliss-reactive ketones (excluding diaryl/α,β-unsaturated/α-hetero) is 1. The Hall–Kier alpha value is -2.10. The normalized spacial score (nSPS) is 15.1. The Bertz CT molecular complexity index is 625. The van der Waals surface area contributed by atoms with Gasteiger partial charge in [0.05, 0.1) is 6.54 Å². The molecule has 2 heterocycles. The summed E-state index contributed by atoms with van der Waals surface area (Å²) in [5.74, 6) is -0.215. The fourth-order valence-corrected chi connectivity index (χ4v) is 2.20. The average molecular weight is 214 g/mol. The Labute approximate surface area is 91.9 Å². The number of nitrogens with zero attached hydrogens (tertiary/aromatic N) is 1. The van der Waals surface area contributed by atoms with Crippen LogP contribution in [0.25, 0.3) is 10.9 Å². The number of aromatic nitrogens is 1. The van der Waals surface area contributed by atoms with Crippen LogP contribution < -0.4 is 5.32 Å². The van der Waals surface area contributed by atoms with Gasteiger partial charge in [-0.2, -0.15) is 0 Å². The Morgan fingerprint density at radius 2 is 2.06 bits per heavy atom. The van der Waals surface area contributed by atoms with Gasteiger partial charge in [-0.25, -0.2) is 0 Å². The van der Waals surface area contributed by atoms with Gasteiger partial charge in [0, 0.05) is 35.3 Å². The molecule has 1 amide bonds. The summed E-state index contributed by atoms with van der Waals surface area (Å²) >= 11 is 0. The third kappa shape index (κ3) is 1.04. The van der Waals surface area contributed by atoms with Crippen LogP contribution in [0.4, 0.5) is 0 Å². The number of ketones is 1. The van der Waals surface area contributed by atoms with E-state index in [2.05, 4.69) is 5.32 Å². The van der Waals surface area contributed by atoms with Crippen LogP contribution in [0.1, 0.15) is 20.7 Å². The standard InChI is InChI=1S/C12H10N2O2/c1-14-6-8-10(15)5-13-12(16)7-3-2-4-9(14)11(7)8/h2-4,6H,5H2,1H3,(H,13,16). The fraction of sp³-hybridized carbons (Fsp3) is 0.167. The molecule has 1 aliphatic heterocycles. The van der Waals surface area contributed by atoms with Gasteiger partial charge in [0.25, 0.3) is 5.91 Å². The van der Waals surface area contributed by atoms with E-state index >= 15 is 0 Å². The summed E-state index contributed by atoms with van der Waals surface area (Å²) in [6.07, 6.45) is 1.79. The van der Waals surface area contributed by atoms with Crippen LogP contribution in [-0.2, 0) is 7.05 Å². The Morgan fingerprint density at radius 1 is 1.25 bits per heavy atom. The number of aryl methyl sites for hydroxylation is 1. The van der Waals surface area contributed by atoms with Gasteiger partial charge in [-0.15, -0.1) is 0 Å². The minimum Gasteiger partial charge on any atom is -0.350 e. The molecule has 0 atom stereocenters. The van der Waals surface area contributed by atoms with Crippen LogP contribution in [0.3, 0.4) is 0 Å². The molecule has 0 radical (unpaired) electrons. The molecule has 1 N–H and O–H groups in total. The lowest BCUT2D eigenvalue weighted by atomic mass is 10.1. The van der Waals surface area contributed by atoms with Crippen LogP contribution in [0.15, 0.2) is 24.4 Å². The first kappa shape index (κ1) is 9.15. The van der Waals surface area contributed by atoms with Gasteiger partial charge in [0.1, 0.15) is 0 Å². The lowest BCUT2D eigenvalue weighted by Gasteiger charge is -2.02. The molecule has 0 saturated heterocycles. The van der Waals surface area contributed by atoms with Gasteiger partial charge in [-0.1, -0.05) is 6.07 Å². The average Bonchev–Trinajstić information content (AvgIpc) is 2.58. The molecule has 2 aromatic rings. The number of nitrogens with one attached hydrogen (secondary N) is 1. The third-order valence-corrected chi connectivity index (χ3v) is 2.97. The molecular weight excluding hydrogens is 204 g/mol. The Kier molecular flexibility index (Phi) is 1.68. The highest BCUT2D eigenvalue weighted by molar-refractivity contribution is 6.19. The zero-order chi connectivity index (χ0) is 11.3. The second-order valence-corrected chi connectivity index (χ2v) is 3.96. The highest BCUT2D eigenvalue weighted by Crippen LogP contribution is 2.26. The highest BCUT2D eigenvalue weighted by Gasteiger charge is 2.23. The van der Waals surface area contributed by atoms with E-state index < -0.39 is 0 Å². The number of benzene rings is 1. The summed E-state index contributed by atoms with van der Waals surface area (Å²) in [6, 6.07) is 5.49. The van der Waals surface area contributed by atoms with Crippen LogP contribution in [0.5, 0.6) is 0 Å². The molecule has 0 spiro atoms. The number of amides is 1. The van der Waals surface area contributed by atoms with E-state index in [0.29, 0.717) is 11.1 Å². The highest BCUT2D eigenvalue weighted by atomic mass is 16.2. The molecule has 1 aliphatic rings.